The average Bonchev–Trinajstić information content (AvgIpc) is 2.38. The van der Waals surface area contributed by atoms with Crippen LogP contribution in [-0.4, -0.2) is 4.43 Å². The molecule has 0 bridgehead atoms. The topological polar surface area (TPSA) is 0 Å². The van der Waals surface area contributed by atoms with Gasteiger partial charge in [0.05, 0.1) is 0 Å². The molecule has 128 valence electrons. The average molecular weight is 408 g/mol. The minimum absolute atomic E-state index is 0.881. The smallest absolute Gasteiger partial charge is 0.000219 e. The minimum Gasteiger partial charge on any atom is -0.0864 e. The Kier molecular flexibility index (Phi) is 14.8. The molecule has 0 aliphatic carbocycles. The molecule has 3 unspecified atom stereocenters. The summed E-state index contributed by atoms with van der Waals surface area (Å²) in [6.07, 6.45) is 14.4. The maximum absolute atomic E-state index is 2.50. The van der Waals surface area contributed by atoms with Crippen molar-refractivity contribution in [2.75, 3.05) is 4.43 Å². The summed E-state index contributed by atoms with van der Waals surface area (Å²) < 4.78 is 1.32. The molecule has 0 radical (unpaired) electrons. The number of hydrogen-bond donors (Lipinski definition) is 0. The SMILES string of the molecule is CC(C)CCCC(C)CCCC(C)CCCC(C)CCI. The van der Waals surface area contributed by atoms with Gasteiger partial charge in [-0.15, -0.1) is 0 Å². The summed E-state index contributed by atoms with van der Waals surface area (Å²) in [6.45, 7) is 12.0. The third-order valence-electron chi connectivity index (χ3n) is 4.87. The Bertz CT molecular complexity index is 212. The van der Waals surface area contributed by atoms with Gasteiger partial charge < -0.3 is 0 Å². The van der Waals surface area contributed by atoms with Gasteiger partial charge in [0, 0.05) is 0 Å². The van der Waals surface area contributed by atoms with Gasteiger partial charge in [0.25, 0.3) is 0 Å². The lowest BCUT2D eigenvalue weighted by Crippen LogP contribution is -2.01. The Balaban J connectivity index is 3.45. The van der Waals surface area contributed by atoms with E-state index in [1.54, 1.807) is 0 Å². The Morgan fingerprint density at radius 1 is 0.524 bits per heavy atom. The predicted octanol–water partition coefficient (Wildman–Crippen LogP) is 7.89. The number of hydrogen-bond acceptors (Lipinski definition) is 0. The Hall–Kier alpha value is 0.730. The van der Waals surface area contributed by atoms with Crippen LogP contribution in [0.1, 0.15) is 98.8 Å². The van der Waals surface area contributed by atoms with Crippen LogP contribution in [0.4, 0.5) is 0 Å². The van der Waals surface area contributed by atoms with E-state index >= 15 is 0 Å². The van der Waals surface area contributed by atoms with Crippen molar-refractivity contribution in [1.29, 1.82) is 0 Å². The first-order chi connectivity index (χ1) is 9.95. The zero-order valence-corrected chi connectivity index (χ0v) is 17.6. The van der Waals surface area contributed by atoms with E-state index in [9.17, 15) is 0 Å². The highest BCUT2D eigenvalue weighted by molar-refractivity contribution is 14.1. The fourth-order valence-corrected chi connectivity index (χ4v) is 4.19. The van der Waals surface area contributed by atoms with E-state index < -0.39 is 0 Å². The summed E-state index contributed by atoms with van der Waals surface area (Å²) in [7, 11) is 0. The highest BCUT2D eigenvalue weighted by Crippen LogP contribution is 2.22. The monoisotopic (exact) mass is 408 g/mol. The van der Waals surface area contributed by atoms with Crippen LogP contribution in [0, 0.1) is 23.7 Å². The van der Waals surface area contributed by atoms with Crippen molar-refractivity contribution in [3.8, 4) is 0 Å². The van der Waals surface area contributed by atoms with Crippen molar-refractivity contribution in [2.24, 2.45) is 23.7 Å². The molecule has 0 aliphatic heterocycles. The van der Waals surface area contributed by atoms with Crippen LogP contribution in [0.3, 0.4) is 0 Å². The molecule has 3 atom stereocenters. The van der Waals surface area contributed by atoms with E-state index in [0.29, 0.717) is 0 Å². The Morgan fingerprint density at radius 2 is 0.857 bits per heavy atom. The summed E-state index contributed by atoms with van der Waals surface area (Å²) in [6, 6.07) is 0. The maximum atomic E-state index is 2.50. The summed E-state index contributed by atoms with van der Waals surface area (Å²) in [5.74, 6) is 3.71. The van der Waals surface area contributed by atoms with Gasteiger partial charge >= 0.3 is 0 Å². The lowest BCUT2D eigenvalue weighted by Gasteiger charge is -2.16. The van der Waals surface area contributed by atoms with E-state index in [2.05, 4.69) is 57.2 Å². The van der Waals surface area contributed by atoms with Crippen LogP contribution in [0.5, 0.6) is 0 Å². The van der Waals surface area contributed by atoms with Crippen molar-refractivity contribution in [2.45, 2.75) is 98.8 Å². The van der Waals surface area contributed by atoms with Gasteiger partial charge in [-0.25, -0.2) is 0 Å². The van der Waals surface area contributed by atoms with Crippen molar-refractivity contribution >= 4 is 22.6 Å². The fraction of sp³-hybridized carbons (Fsp3) is 1.00. The first kappa shape index (κ1) is 21.7. The van der Waals surface area contributed by atoms with Gasteiger partial charge in [0.15, 0.2) is 0 Å². The van der Waals surface area contributed by atoms with Gasteiger partial charge in [-0.1, -0.05) is 115 Å². The van der Waals surface area contributed by atoms with Crippen molar-refractivity contribution in [3.63, 3.8) is 0 Å². The van der Waals surface area contributed by atoms with Crippen LogP contribution in [0.25, 0.3) is 0 Å². The molecule has 21 heavy (non-hydrogen) atoms. The molecule has 0 fully saturated rings. The van der Waals surface area contributed by atoms with Gasteiger partial charge in [0.2, 0.25) is 0 Å². The minimum atomic E-state index is 0.881. The normalized spacial score (nSPS) is 16.1. The molecule has 0 aromatic rings. The molecule has 0 nitrogen and oxygen atoms in total. The largest absolute Gasteiger partial charge is 0.0864 e. The molecule has 1 heteroatoms. The second kappa shape index (κ2) is 14.3. The second-order valence-electron chi connectivity index (χ2n) is 7.98. The molecule has 0 aromatic heterocycles. The third-order valence-corrected chi connectivity index (χ3v) is 5.49. The number of halogens is 1. The van der Waals surface area contributed by atoms with Crippen LogP contribution >= 0.6 is 22.6 Å². The lowest BCUT2D eigenvalue weighted by molar-refractivity contribution is 0.377. The molecular weight excluding hydrogens is 367 g/mol. The summed E-state index contributed by atoms with van der Waals surface area (Å²) in [5, 5.41) is 0. The molecule has 0 aromatic carbocycles. The molecule has 0 N–H and O–H groups in total. The highest BCUT2D eigenvalue weighted by Gasteiger charge is 2.07. The molecule has 0 saturated heterocycles. The van der Waals surface area contributed by atoms with Crippen molar-refractivity contribution < 1.29 is 0 Å². The van der Waals surface area contributed by atoms with E-state index in [4.69, 9.17) is 0 Å². The first-order valence-corrected chi connectivity index (χ1v) is 11.0. The van der Waals surface area contributed by atoms with Gasteiger partial charge in [-0.2, -0.15) is 0 Å². The van der Waals surface area contributed by atoms with Crippen LogP contribution in [0.15, 0.2) is 0 Å². The van der Waals surface area contributed by atoms with E-state index in [1.165, 1.54) is 68.6 Å². The summed E-state index contributed by atoms with van der Waals surface area (Å²) >= 11 is 2.50. The Morgan fingerprint density at radius 3 is 1.19 bits per heavy atom. The van der Waals surface area contributed by atoms with Gasteiger partial charge in [0.1, 0.15) is 0 Å². The molecule has 0 aliphatic rings. The first-order valence-electron chi connectivity index (χ1n) is 9.51. The van der Waals surface area contributed by atoms with Crippen molar-refractivity contribution in [1.82, 2.24) is 0 Å². The fourth-order valence-electron chi connectivity index (χ4n) is 3.12. The maximum Gasteiger partial charge on any atom is -0.000219 e. The zero-order valence-electron chi connectivity index (χ0n) is 15.5. The van der Waals surface area contributed by atoms with E-state index in [0.717, 1.165) is 23.7 Å². The third kappa shape index (κ3) is 15.4. The highest BCUT2D eigenvalue weighted by atomic mass is 127. The van der Waals surface area contributed by atoms with E-state index in [1.807, 2.05) is 0 Å². The Labute approximate surface area is 149 Å². The molecule has 0 spiro atoms. The molecule has 0 saturated carbocycles. The quantitative estimate of drug-likeness (QED) is 0.202. The lowest BCUT2D eigenvalue weighted by atomic mass is 9.91. The molecule has 0 amide bonds. The van der Waals surface area contributed by atoms with Gasteiger partial charge in [-0.05, 0) is 34.5 Å². The summed E-state index contributed by atoms with van der Waals surface area (Å²) in [4.78, 5) is 0. The van der Waals surface area contributed by atoms with Crippen molar-refractivity contribution in [3.05, 3.63) is 0 Å². The second-order valence-corrected chi connectivity index (χ2v) is 9.06. The standard InChI is InChI=1S/C20H41I/c1-17(2)9-6-10-18(3)11-7-12-19(4)13-8-14-20(5)15-16-21/h17-20H,6-16H2,1-5H3. The predicted molar refractivity (Wildman–Crippen MR) is 107 cm³/mol. The summed E-state index contributed by atoms with van der Waals surface area (Å²) in [5.41, 5.74) is 0. The molecule has 0 rings (SSSR count). The number of rotatable bonds is 14. The van der Waals surface area contributed by atoms with Crippen LogP contribution in [-0.2, 0) is 0 Å². The van der Waals surface area contributed by atoms with Gasteiger partial charge in [-0.3, -0.25) is 0 Å². The van der Waals surface area contributed by atoms with Crippen LogP contribution in [0.2, 0.25) is 0 Å². The molecular formula is C20H41I. The number of alkyl halides is 1. The zero-order chi connectivity index (χ0) is 16.1. The van der Waals surface area contributed by atoms with E-state index in [-0.39, 0.29) is 0 Å². The van der Waals surface area contributed by atoms with Crippen LogP contribution < -0.4 is 0 Å². The molecule has 0 heterocycles.